The Hall–Kier alpha value is -3.00. The van der Waals surface area contributed by atoms with Crippen molar-refractivity contribution in [2.75, 3.05) is 18.4 Å². The highest BCUT2D eigenvalue weighted by molar-refractivity contribution is 5.95. The van der Waals surface area contributed by atoms with Gasteiger partial charge in [0.05, 0.1) is 17.8 Å². The van der Waals surface area contributed by atoms with Crippen LogP contribution in [0.4, 0.5) is 5.69 Å². The minimum atomic E-state index is -0.158. The number of aromatic nitrogens is 5. The van der Waals surface area contributed by atoms with E-state index >= 15 is 0 Å². The first-order chi connectivity index (χ1) is 12.2. The summed E-state index contributed by atoms with van der Waals surface area (Å²) in [5.74, 6) is 0.526. The van der Waals surface area contributed by atoms with E-state index in [-0.39, 0.29) is 17.7 Å². The summed E-state index contributed by atoms with van der Waals surface area (Å²) >= 11 is 0. The Labute approximate surface area is 144 Å². The maximum atomic E-state index is 12.9. The van der Waals surface area contributed by atoms with Crippen LogP contribution in [0.3, 0.4) is 0 Å². The summed E-state index contributed by atoms with van der Waals surface area (Å²) in [6, 6.07) is 5.46. The molecule has 1 amide bonds. The zero-order valence-corrected chi connectivity index (χ0v) is 13.8. The second-order valence-corrected chi connectivity index (χ2v) is 6.13. The lowest BCUT2D eigenvalue weighted by Crippen LogP contribution is -2.28. The molecule has 1 fully saturated rings. The summed E-state index contributed by atoms with van der Waals surface area (Å²) in [7, 11) is 1.88. The minimum absolute atomic E-state index is 0.0275. The maximum Gasteiger partial charge on any atom is 0.229 e. The van der Waals surface area contributed by atoms with Gasteiger partial charge in [-0.15, -0.1) is 0 Å². The zero-order valence-electron chi connectivity index (χ0n) is 13.8. The number of nitrogens with one attached hydrogen (secondary N) is 2. The van der Waals surface area contributed by atoms with Gasteiger partial charge in [-0.1, -0.05) is 0 Å². The van der Waals surface area contributed by atoms with E-state index in [1.807, 2.05) is 31.6 Å². The highest BCUT2D eigenvalue weighted by Crippen LogP contribution is 2.29. The third kappa shape index (κ3) is 3.03. The molecular weight excluding hydrogens is 318 g/mol. The first kappa shape index (κ1) is 15.5. The minimum Gasteiger partial charge on any atom is -0.323 e. The van der Waals surface area contributed by atoms with Crippen LogP contribution in [-0.2, 0) is 11.8 Å². The molecule has 25 heavy (non-hydrogen) atoms. The molecule has 3 aromatic rings. The van der Waals surface area contributed by atoms with Crippen LogP contribution in [-0.4, -0.2) is 43.5 Å². The van der Waals surface area contributed by atoms with E-state index in [9.17, 15) is 4.79 Å². The topological polar surface area (TPSA) is 89.7 Å². The fraction of sp³-hybridized carbons (Fsp3) is 0.294. The quantitative estimate of drug-likeness (QED) is 0.740. The molecule has 2 atom stereocenters. The summed E-state index contributed by atoms with van der Waals surface area (Å²) < 4.78 is 3.40. The Balaban J connectivity index is 1.56. The van der Waals surface area contributed by atoms with E-state index in [4.69, 9.17) is 0 Å². The van der Waals surface area contributed by atoms with Crippen molar-refractivity contribution in [1.82, 2.24) is 29.9 Å². The average molecular weight is 337 g/mol. The summed E-state index contributed by atoms with van der Waals surface area (Å²) in [5, 5.41) is 14.7. The third-order valence-electron chi connectivity index (χ3n) is 4.47. The van der Waals surface area contributed by atoms with Crippen molar-refractivity contribution in [3.63, 3.8) is 0 Å². The van der Waals surface area contributed by atoms with Gasteiger partial charge >= 0.3 is 0 Å². The van der Waals surface area contributed by atoms with Crippen LogP contribution in [0, 0.1) is 5.92 Å². The third-order valence-corrected chi connectivity index (χ3v) is 4.47. The van der Waals surface area contributed by atoms with E-state index < -0.39 is 0 Å². The summed E-state index contributed by atoms with van der Waals surface area (Å²) in [6.45, 7) is 1.41. The van der Waals surface area contributed by atoms with Crippen LogP contribution >= 0.6 is 0 Å². The first-order valence-corrected chi connectivity index (χ1v) is 8.17. The van der Waals surface area contributed by atoms with Crippen molar-refractivity contribution in [2.24, 2.45) is 13.0 Å². The fourth-order valence-electron chi connectivity index (χ4n) is 3.23. The van der Waals surface area contributed by atoms with Crippen molar-refractivity contribution in [3.05, 3.63) is 54.7 Å². The molecule has 0 spiro atoms. The highest BCUT2D eigenvalue weighted by atomic mass is 16.2. The van der Waals surface area contributed by atoms with Gasteiger partial charge in [0.15, 0.2) is 5.82 Å². The number of aryl methyl sites for hydroxylation is 1. The van der Waals surface area contributed by atoms with Crippen molar-refractivity contribution in [1.29, 1.82) is 0 Å². The van der Waals surface area contributed by atoms with Gasteiger partial charge in [-0.2, -0.15) is 10.2 Å². The van der Waals surface area contributed by atoms with Crippen molar-refractivity contribution >= 4 is 11.6 Å². The fourth-order valence-corrected chi connectivity index (χ4v) is 3.23. The molecule has 0 aliphatic carbocycles. The van der Waals surface area contributed by atoms with Crippen LogP contribution in [0.15, 0.2) is 49.2 Å². The molecule has 0 aromatic carbocycles. The molecule has 2 N–H and O–H groups in total. The summed E-state index contributed by atoms with van der Waals surface area (Å²) in [4.78, 5) is 17.2. The molecule has 1 saturated heterocycles. The Bertz CT molecular complexity index is 871. The molecule has 4 heterocycles. The van der Waals surface area contributed by atoms with Crippen LogP contribution < -0.4 is 10.6 Å². The molecule has 0 radical (unpaired) electrons. The van der Waals surface area contributed by atoms with E-state index in [1.165, 1.54) is 0 Å². The van der Waals surface area contributed by atoms with Gasteiger partial charge in [-0.25, -0.2) is 9.67 Å². The van der Waals surface area contributed by atoms with Crippen molar-refractivity contribution in [3.8, 4) is 5.82 Å². The number of hydrogen-bond acceptors (Lipinski definition) is 5. The number of rotatable bonds is 4. The van der Waals surface area contributed by atoms with E-state index in [0.717, 1.165) is 12.1 Å². The van der Waals surface area contributed by atoms with Crippen LogP contribution in [0.5, 0.6) is 0 Å². The van der Waals surface area contributed by atoms with Crippen molar-refractivity contribution in [2.45, 2.75) is 5.92 Å². The molecule has 1 aliphatic rings. The standard InChI is InChI=1S/C17H19N7O/c1-23-11-12(8-21-23)13-9-18-10-14(13)17(25)22-15-4-2-5-19-16(15)24-7-3-6-20-24/h2-8,11,13-14,18H,9-10H2,1H3,(H,22,25)/t13-,14+/m1/s1. The molecule has 128 valence electrons. The predicted octanol–water partition coefficient (Wildman–Crippen LogP) is 0.942. The summed E-state index contributed by atoms with van der Waals surface area (Å²) in [6.07, 6.45) is 8.96. The lowest BCUT2D eigenvalue weighted by Gasteiger charge is -2.18. The lowest BCUT2D eigenvalue weighted by atomic mass is 9.90. The zero-order chi connectivity index (χ0) is 17.2. The van der Waals surface area contributed by atoms with Crippen LogP contribution in [0.25, 0.3) is 5.82 Å². The van der Waals surface area contributed by atoms with Crippen LogP contribution in [0.2, 0.25) is 0 Å². The van der Waals surface area contributed by atoms with Gasteiger partial charge in [0.2, 0.25) is 5.91 Å². The number of carbonyl (C=O) groups is 1. The van der Waals surface area contributed by atoms with Crippen LogP contribution in [0.1, 0.15) is 11.5 Å². The van der Waals surface area contributed by atoms with Gasteiger partial charge in [0, 0.05) is 50.8 Å². The monoisotopic (exact) mass is 337 g/mol. The number of carbonyl (C=O) groups excluding carboxylic acids is 1. The predicted molar refractivity (Wildman–Crippen MR) is 92.3 cm³/mol. The normalized spacial score (nSPS) is 19.9. The maximum absolute atomic E-state index is 12.9. The number of amides is 1. The second kappa shape index (κ2) is 6.48. The molecular formula is C17H19N7O. The molecule has 8 nitrogen and oxygen atoms in total. The van der Waals surface area contributed by atoms with Crippen molar-refractivity contribution < 1.29 is 4.79 Å². The number of anilines is 1. The Morgan fingerprint density at radius 3 is 2.96 bits per heavy atom. The van der Waals surface area contributed by atoms with E-state index in [0.29, 0.717) is 18.1 Å². The SMILES string of the molecule is Cn1cc([C@H]2CNC[C@@H]2C(=O)Nc2cccnc2-n2cccn2)cn1. The number of pyridine rings is 1. The number of nitrogens with zero attached hydrogens (tertiary/aromatic N) is 5. The largest absolute Gasteiger partial charge is 0.323 e. The second-order valence-electron chi connectivity index (χ2n) is 6.13. The summed E-state index contributed by atoms with van der Waals surface area (Å²) in [5.41, 5.74) is 1.72. The van der Waals surface area contributed by atoms with E-state index in [1.54, 1.807) is 34.0 Å². The van der Waals surface area contributed by atoms with Gasteiger partial charge in [0.1, 0.15) is 0 Å². The molecule has 0 saturated carbocycles. The molecule has 4 rings (SSSR count). The molecule has 3 aromatic heterocycles. The average Bonchev–Trinajstić information content (AvgIpc) is 3.36. The highest BCUT2D eigenvalue weighted by Gasteiger charge is 2.35. The smallest absolute Gasteiger partial charge is 0.229 e. The van der Waals surface area contributed by atoms with Gasteiger partial charge in [0.25, 0.3) is 0 Å². The number of hydrogen-bond donors (Lipinski definition) is 2. The lowest BCUT2D eigenvalue weighted by molar-refractivity contribution is -0.119. The Morgan fingerprint density at radius 2 is 2.20 bits per heavy atom. The Kier molecular flexibility index (Phi) is 4.02. The molecule has 0 bridgehead atoms. The molecule has 1 aliphatic heterocycles. The van der Waals surface area contributed by atoms with E-state index in [2.05, 4.69) is 25.8 Å². The van der Waals surface area contributed by atoms with Gasteiger partial charge in [-0.05, 0) is 23.8 Å². The molecule has 8 heteroatoms. The Morgan fingerprint density at radius 1 is 1.28 bits per heavy atom. The van der Waals surface area contributed by atoms with Gasteiger partial charge in [-0.3, -0.25) is 9.48 Å². The van der Waals surface area contributed by atoms with Gasteiger partial charge < -0.3 is 10.6 Å². The molecule has 0 unspecified atom stereocenters. The first-order valence-electron chi connectivity index (χ1n) is 8.17.